The highest BCUT2D eigenvalue weighted by Gasteiger charge is 2.25. The summed E-state index contributed by atoms with van der Waals surface area (Å²) in [4.78, 5) is 0. The lowest BCUT2D eigenvalue weighted by atomic mass is 9.85. The van der Waals surface area contributed by atoms with E-state index >= 15 is 0 Å². The highest BCUT2D eigenvalue weighted by molar-refractivity contribution is 4.93. The van der Waals surface area contributed by atoms with Gasteiger partial charge in [-0.15, -0.1) is 20.4 Å². The van der Waals surface area contributed by atoms with Crippen LogP contribution in [0.1, 0.15) is 51.3 Å². The summed E-state index contributed by atoms with van der Waals surface area (Å²) in [6.45, 7) is 10.3. The maximum atomic E-state index is 5.68. The van der Waals surface area contributed by atoms with Crippen LogP contribution in [-0.4, -0.2) is 20.4 Å². The Balaban J connectivity index is 1.98. The maximum absolute atomic E-state index is 5.68. The van der Waals surface area contributed by atoms with Crippen molar-refractivity contribution in [1.29, 1.82) is 0 Å². The molecule has 2 rings (SSSR count). The average molecular weight is 278 g/mol. The Morgan fingerprint density at radius 1 is 0.900 bits per heavy atom. The SMILES string of the molecule is Cc1nnc(CC(C)(C)Cc2nnc(CC(C)C)o2)o1. The molecule has 0 fully saturated rings. The Hall–Kier alpha value is -1.72. The van der Waals surface area contributed by atoms with Crippen LogP contribution in [0.5, 0.6) is 0 Å². The molecule has 20 heavy (non-hydrogen) atoms. The van der Waals surface area contributed by atoms with E-state index in [1.165, 1.54) is 0 Å². The minimum absolute atomic E-state index is 0.0688. The second-order valence-corrected chi connectivity index (χ2v) is 6.42. The lowest BCUT2D eigenvalue weighted by molar-refractivity contribution is 0.284. The second-order valence-electron chi connectivity index (χ2n) is 6.42. The van der Waals surface area contributed by atoms with E-state index in [0.717, 1.165) is 6.42 Å². The number of aromatic nitrogens is 4. The summed E-state index contributed by atoms with van der Waals surface area (Å²) < 4.78 is 11.1. The Morgan fingerprint density at radius 2 is 1.45 bits per heavy atom. The van der Waals surface area contributed by atoms with E-state index in [1.54, 1.807) is 6.92 Å². The molecule has 0 atom stereocenters. The van der Waals surface area contributed by atoms with Gasteiger partial charge in [0.25, 0.3) is 0 Å². The fourth-order valence-corrected chi connectivity index (χ4v) is 2.08. The van der Waals surface area contributed by atoms with Gasteiger partial charge in [-0.3, -0.25) is 0 Å². The first-order chi connectivity index (χ1) is 9.34. The predicted octanol–water partition coefficient (Wildman–Crippen LogP) is 2.77. The monoisotopic (exact) mass is 278 g/mol. The molecule has 6 nitrogen and oxygen atoms in total. The Morgan fingerprint density at radius 3 is 2.00 bits per heavy atom. The summed E-state index contributed by atoms with van der Waals surface area (Å²) in [7, 11) is 0. The number of hydrogen-bond donors (Lipinski definition) is 0. The zero-order valence-corrected chi connectivity index (χ0v) is 12.8. The van der Waals surface area contributed by atoms with Gasteiger partial charge < -0.3 is 8.83 Å². The minimum Gasteiger partial charge on any atom is -0.426 e. The standard InChI is InChI=1S/C14H22N4O2/c1-9(2)6-11-16-18-13(20-11)8-14(4,5)7-12-17-15-10(3)19-12/h9H,6-8H2,1-5H3. The molecule has 0 bridgehead atoms. The summed E-state index contributed by atoms with van der Waals surface area (Å²) in [5.74, 6) is 3.13. The second kappa shape index (κ2) is 5.73. The van der Waals surface area contributed by atoms with Crippen LogP contribution in [0.15, 0.2) is 8.83 Å². The van der Waals surface area contributed by atoms with Gasteiger partial charge in [-0.05, 0) is 11.3 Å². The van der Waals surface area contributed by atoms with Crippen molar-refractivity contribution < 1.29 is 8.83 Å². The van der Waals surface area contributed by atoms with Gasteiger partial charge in [-0.2, -0.15) is 0 Å². The molecule has 2 aromatic heterocycles. The van der Waals surface area contributed by atoms with Gasteiger partial charge in [0.05, 0.1) is 0 Å². The summed E-state index contributed by atoms with van der Waals surface area (Å²) in [6.07, 6.45) is 2.20. The molecular formula is C14H22N4O2. The first-order valence-electron chi connectivity index (χ1n) is 6.94. The minimum atomic E-state index is -0.0688. The Bertz CT molecular complexity index is 557. The smallest absolute Gasteiger partial charge is 0.217 e. The van der Waals surface area contributed by atoms with E-state index in [9.17, 15) is 0 Å². The highest BCUT2D eigenvalue weighted by atomic mass is 16.4. The molecular weight excluding hydrogens is 256 g/mol. The van der Waals surface area contributed by atoms with Crippen molar-refractivity contribution in [3.05, 3.63) is 23.6 Å². The lowest BCUT2D eigenvalue weighted by Gasteiger charge is -2.20. The van der Waals surface area contributed by atoms with Crippen LogP contribution in [0.25, 0.3) is 0 Å². The fraction of sp³-hybridized carbons (Fsp3) is 0.714. The van der Waals surface area contributed by atoms with E-state index in [4.69, 9.17) is 8.83 Å². The van der Waals surface area contributed by atoms with Crippen molar-refractivity contribution in [2.24, 2.45) is 11.3 Å². The molecule has 2 aromatic rings. The van der Waals surface area contributed by atoms with Gasteiger partial charge >= 0.3 is 0 Å². The third-order valence-electron chi connectivity index (χ3n) is 2.92. The third-order valence-corrected chi connectivity index (χ3v) is 2.92. The summed E-state index contributed by atoms with van der Waals surface area (Å²) in [6, 6.07) is 0. The van der Waals surface area contributed by atoms with Gasteiger partial charge in [0.2, 0.25) is 23.6 Å². The first-order valence-corrected chi connectivity index (χ1v) is 6.94. The number of rotatable bonds is 6. The Kier molecular flexibility index (Phi) is 4.20. The van der Waals surface area contributed by atoms with E-state index in [-0.39, 0.29) is 5.41 Å². The summed E-state index contributed by atoms with van der Waals surface area (Å²) in [5, 5.41) is 16.1. The van der Waals surface area contributed by atoms with Crippen molar-refractivity contribution in [2.75, 3.05) is 0 Å². The van der Waals surface area contributed by atoms with E-state index in [2.05, 4.69) is 48.1 Å². The quantitative estimate of drug-likeness (QED) is 0.808. The van der Waals surface area contributed by atoms with E-state index in [1.807, 2.05) is 0 Å². The van der Waals surface area contributed by atoms with Crippen LogP contribution in [0.3, 0.4) is 0 Å². The first kappa shape index (κ1) is 14.7. The van der Waals surface area contributed by atoms with E-state index < -0.39 is 0 Å². The molecule has 0 aliphatic carbocycles. The lowest BCUT2D eigenvalue weighted by Crippen LogP contribution is -2.19. The van der Waals surface area contributed by atoms with Gasteiger partial charge in [-0.25, -0.2) is 0 Å². The molecule has 0 saturated heterocycles. The number of hydrogen-bond acceptors (Lipinski definition) is 6. The number of nitrogens with zero attached hydrogens (tertiary/aromatic N) is 4. The molecule has 2 heterocycles. The van der Waals surface area contributed by atoms with Crippen molar-refractivity contribution in [1.82, 2.24) is 20.4 Å². The molecule has 0 saturated carbocycles. The molecule has 0 aromatic carbocycles. The molecule has 110 valence electrons. The van der Waals surface area contributed by atoms with Crippen molar-refractivity contribution >= 4 is 0 Å². The molecule has 0 aliphatic rings. The predicted molar refractivity (Wildman–Crippen MR) is 73.1 cm³/mol. The van der Waals surface area contributed by atoms with Crippen LogP contribution in [0, 0.1) is 18.3 Å². The van der Waals surface area contributed by atoms with E-state index in [0.29, 0.717) is 42.3 Å². The van der Waals surface area contributed by atoms with Gasteiger partial charge in [0, 0.05) is 26.2 Å². The molecule has 6 heteroatoms. The molecule has 0 N–H and O–H groups in total. The van der Waals surface area contributed by atoms with Crippen LogP contribution in [0.4, 0.5) is 0 Å². The Labute approximate surface area is 119 Å². The van der Waals surface area contributed by atoms with Crippen molar-refractivity contribution in [3.8, 4) is 0 Å². The van der Waals surface area contributed by atoms with Gasteiger partial charge in [0.15, 0.2) is 0 Å². The van der Waals surface area contributed by atoms with Gasteiger partial charge in [-0.1, -0.05) is 27.7 Å². The van der Waals surface area contributed by atoms with Crippen LogP contribution >= 0.6 is 0 Å². The van der Waals surface area contributed by atoms with Crippen LogP contribution in [-0.2, 0) is 19.3 Å². The zero-order valence-electron chi connectivity index (χ0n) is 12.8. The molecule has 0 unspecified atom stereocenters. The van der Waals surface area contributed by atoms with Crippen LogP contribution < -0.4 is 0 Å². The van der Waals surface area contributed by atoms with Crippen molar-refractivity contribution in [3.63, 3.8) is 0 Å². The van der Waals surface area contributed by atoms with Gasteiger partial charge in [0.1, 0.15) is 0 Å². The maximum Gasteiger partial charge on any atom is 0.217 e. The summed E-state index contributed by atoms with van der Waals surface area (Å²) in [5.41, 5.74) is -0.0688. The fourth-order valence-electron chi connectivity index (χ4n) is 2.08. The molecule has 0 aliphatic heterocycles. The average Bonchev–Trinajstić information content (AvgIpc) is 2.86. The number of aryl methyl sites for hydroxylation is 1. The summed E-state index contributed by atoms with van der Waals surface area (Å²) >= 11 is 0. The van der Waals surface area contributed by atoms with Crippen molar-refractivity contribution in [2.45, 2.75) is 53.9 Å². The normalized spacial score (nSPS) is 12.3. The van der Waals surface area contributed by atoms with Crippen LogP contribution in [0.2, 0.25) is 0 Å². The molecule has 0 spiro atoms. The molecule has 0 amide bonds. The molecule has 0 radical (unpaired) electrons. The third kappa shape index (κ3) is 4.15. The highest BCUT2D eigenvalue weighted by Crippen LogP contribution is 2.26. The largest absolute Gasteiger partial charge is 0.426 e. The zero-order chi connectivity index (χ0) is 14.8. The topological polar surface area (TPSA) is 77.8 Å².